The summed E-state index contributed by atoms with van der Waals surface area (Å²) in [4.78, 5) is 13.9. The summed E-state index contributed by atoms with van der Waals surface area (Å²) in [6, 6.07) is 7.06. The van der Waals surface area contributed by atoms with E-state index in [9.17, 15) is 18.0 Å². The number of methoxy groups -OCH3 is 1. The Bertz CT molecular complexity index is 619. The Morgan fingerprint density at radius 2 is 1.95 bits per heavy atom. The summed E-state index contributed by atoms with van der Waals surface area (Å²) in [5, 5.41) is 0. The molecule has 0 aliphatic heterocycles. The minimum atomic E-state index is -4.78. The third-order valence-electron chi connectivity index (χ3n) is 2.51. The average molecular weight is 285 g/mol. The van der Waals surface area contributed by atoms with E-state index in [1.165, 1.54) is 37.6 Å². The molecule has 0 aliphatic carbocycles. The van der Waals surface area contributed by atoms with Gasteiger partial charge in [-0.25, -0.2) is 4.79 Å². The van der Waals surface area contributed by atoms with Gasteiger partial charge in [-0.1, -0.05) is 18.2 Å². The normalized spacial score (nSPS) is 11.2. The lowest BCUT2D eigenvalue weighted by atomic mass is 10.1. The topological polar surface area (TPSA) is 51.3 Å². The van der Waals surface area contributed by atoms with Crippen molar-refractivity contribution in [2.24, 2.45) is 0 Å². The molecule has 1 heterocycles. The van der Waals surface area contributed by atoms with Crippen LogP contribution in [0.25, 0.3) is 11.1 Å². The lowest BCUT2D eigenvalue weighted by Crippen LogP contribution is -2.17. The third kappa shape index (κ3) is 3.11. The molecule has 0 atom stereocenters. The minimum Gasteiger partial charge on any atom is -0.464 e. The number of nitrogens with one attached hydrogen (secondary N) is 1. The summed E-state index contributed by atoms with van der Waals surface area (Å²) < 4.78 is 45.4. The first-order chi connectivity index (χ1) is 9.40. The van der Waals surface area contributed by atoms with E-state index in [-0.39, 0.29) is 17.0 Å². The van der Waals surface area contributed by atoms with Crippen molar-refractivity contribution in [2.45, 2.75) is 6.36 Å². The maximum atomic E-state index is 12.3. The number of aromatic amines is 1. The molecule has 1 N–H and O–H groups in total. The van der Waals surface area contributed by atoms with Gasteiger partial charge in [0.25, 0.3) is 0 Å². The molecule has 4 nitrogen and oxygen atoms in total. The van der Waals surface area contributed by atoms with Crippen molar-refractivity contribution in [1.29, 1.82) is 0 Å². The van der Waals surface area contributed by atoms with Crippen molar-refractivity contribution in [2.75, 3.05) is 7.11 Å². The van der Waals surface area contributed by atoms with E-state index in [0.717, 1.165) is 0 Å². The highest BCUT2D eigenvalue weighted by Gasteiger charge is 2.32. The maximum Gasteiger partial charge on any atom is 0.573 e. The highest BCUT2D eigenvalue weighted by Crippen LogP contribution is 2.33. The van der Waals surface area contributed by atoms with Gasteiger partial charge in [-0.15, -0.1) is 13.2 Å². The number of ether oxygens (including phenoxy) is 2. The predicted molar refractivity (Wildman–Crippen MR) is 64.3 cm³/mol. The zero-order chi connectivity index (χ0) is 14.8. The first-order valence-electron chi connectivity index (χ1n) is 5.52. The highest BCUT2D eigenvalue weighted by atomic mass is 19.4. The number of rotatable bonds is 3. The Morgan fingerprint density at radius 3 is 2.60 bits per heavy atom. The van der Waals surface area contributed by atoms with Crippen LogP contribution in [0.3, 0.4) is 0 Å². The average Bonchev–Trinajstić information content (AvgIpc) is 2.86. The number of esters is 1. The van der Waals surface area contributed by atoms with Crippen molar-refractivity contribution < 1.29 is 27.4 Å². The van der Waals surface area contributed by atoms with Crippen LogP contribution < -0.4 is 4.74 Å². The largest absolute Gasteiger partial charge is 0.573 e. The van der Waals surface area contributed by atoms with Crippen molar-refractivity contribution in [3.63, 3.8) is 0 Å². The van der Waals surface area contributed by atoms with E-state index in [1.54, 1.807) is 6.07 Å². The molecule has 0 saturated carbocycles. The summed E-state index contributed by atoms with van der Waals surface area (Å²) in [6.07, 6.45) is -3.37. The molecule has 0 bridgehead atoms. The van der Waals surface area contributed by atoms with Gasteiger partial charge in [-0.3, -0.25) is 0 Å². The smallest absolute Gasteiger partial charge is 0.464 e. The lowest BCUT2D eigenvalue weighted by Gasteiger charge is -2.12. The van der Waals surface area contributed by atoms with Crippen LogP contribution in [0.1, 0.15) is 10.5 Å². The van der Waals surface area contributed by atoms with Gasteiger partial charge in [0.05, 0.1) is 7.11 Å². The van der Waals surface area contributed by atoms with Gasteiger partial charge in [0.15, 0.2) is 0 Å². The van der Waals surface area contributed by atoms with Gasteiger partial charge >= 0.3 is 12.3 Å². The summed E-state index contributed by atoms with van der Waals surface area (Å²) >= 11 is 0. The number of para-hydroxylation sites is 1. The Kier molecular flexibility index (Phi) is 3.69. The van der Waals surface area contributed by atoms with Crippen LogP contribution in [-0.4, -0.2) is 24.4 Å². The zero-order valence-electron chi connectivity index (χ0n) is 10.3. The fourth-order valence-electron chi connectivity index (χ4n) is 1.70. The van der Waals surface area contributed by atoms with Gasteiger partial charge in [0.2, 0.25) is 0 Å². The molecule has 2 rings (SSSR count). The van der Waals surface area contributed by atoms with E-state index in [1.807, 2.05) is 0 Å². The monoisotopic (exact) mass is 285 g/mol. The number of alkyl halides is 3. The van der Waals surface area contributed by atoms with Crippen LogP contribution in [0, 0.1) is 0 Å². The molecule has 0 amide bonds. The molecule has 0 unspecified atom stereocenters. The number of hydrogen-bond acceptors (Lipinski definition) is 3. The van der Waals surface area contributed by atoms with E-state index < -0.39 is 12.3 Å². The van der Waals surface area contributed by atoms with E-state index >= 15 is 0 Å². The molecule has 1 aromatic carbocycles. The molecule has 0 radical (unpaired) electrons. The Morgan fingerprint density at radius 1 is 1.25 bits per heavy atom. The van der Waals surface area contributed by atoms with E-state index in [0.29, 0.717) is 5.56 Å². The Labute approximate surface area is 112 Å². The van der Waals surface area contributed by atoms with Crippen molar-refractivity contribution in [3.8, 4) is 16.9 Å². The number of benzene rings is 1. The summed E-state index contributed by atoms with van der Waals surface area (Å²) in [5.74, 6) is -0.944. The second-order valence-corrected chi connectivity index (χ2v) is 3.84. The van der Waals surface area contributed by atoms with E-state index in [2.05, 4.69) is 14.5 Å². The third-order valence-corrected chi connectivity index (χ3v) is 2.51. The van der Waals surface area contributed by atoms with Crippen molar-refractivity contribution >= 4 is 5.97 Å². The van der Waals surface area contributed by atoms with Gasteiger partial charge in [0, 0.05) is 17.3 Å². The molecular weight excluding hydrogens is 275 g/mol. The second kappa shape index (κ2) is 5.28. The standard InChI is InChI=1S/C13H10F3NO3/c1-19-12(18)10-6-8(7-17-10)9-4-2-3-5-11(9)20-13(14,15)16/h2-7,17H,1H3. The van der Waals surface area contributed by atoms with Gasteiger partial charge in [-0.2, -0.15) is 0 Å². The molecule has 0 saturated heterocycles. The Hall–Kier alpha value is -2.44. The summed E-state index contributed by atoms with van der Waals surface area (Å²) in [5.41, 5.74) is 0.755. The number of carbonyl (C=O) groups excluding carboxylic acids is 1. The van der Waals surface area contributed by atoms with Gasteiger partial charge < -0.3 is 14.5 Å². The molecule has 0 aliphatic rings. The SMILES string of the molecule is COC(=O)c1cc(-c2ccccc2OC(F)(F)F)c[nH]1. The minimum absolute atomic E-state index is 0.143. The van der Waals surface area contributed by atoms with Crippen LogP contribution in [0.4, 0.5) is 13.2 Å². The number of halogens is 3. The van der Waals surface area contributed by atoms with Crippen molar-refractivity contribution in [1.82, 2.24) is 4.98 Å². The quantitative estimate of drug-likeness (QED) is 0.880. The Balaban J connectivity index is 2.38. The predicted octanol–water partition coefficient (Wildman–Crippen LogP) is 3.37. The molecule has 1 aromatic heterocycles. The first kappa shape index (κ1) is 14.0. The zero-order valence-corrected chi connectivity index (χ0v) is 10.3. The van der Waals surface area contributed by atoms with Crippen LogP contribution in [0.5, 0.6) is 5.75 Å². The van der Waals surface area contributed by atoms with Crippen LogP contribution in [0.2, 0.25) is 0 Å². The number of carbonyl (C=O) groups is 1. The van der Waals surface area contributed by atoms with Gasteiger partial charge in [0.1, 0.15) is 11.4 Å². The second-order valence-electron chi connectivity index (χ2n) is 3.84. The lowest BCUT2D eigenvalue weighted by molar-refractivity contribution is -0.274. The van der Waals surface area contributed by atoms with Crippen LogP contribution in [-0.2, 0) is 4.74 Å². The molecule has 20 heavy (non-hydrogen) atoms. The van der Waals surface area contributed by atoms with Crippen molar-refractivity contribution in [3.05, 3.63) is 42.2 Å². The fraction of sp³-hybridized carbons (Fsp3) is 0.154. The van der Waals surface area contributed by atoms with Crippen LogP contribution in [0.15, 0.2) is 36.5 Å². The molecule has 0 fully saturated rings. The molecule has 2 aromatic rings. The van der Waals surface area contributed by atoms with Gasteiger partial charge in [-0.05, 0) is 12.1 Å². The number of aromatic nitrogens is 1. The highest BCUT2D eigenvalue weighted by molar-refractivity contribution is 5.89. The molecule has 106 valence electrons. The van der Waals surface area contributed by atoms with E-state index in [4.69, 9.17) is 0 Å². The fourth-order valence-corrected chi connectivity index (χ4v) is 1.70. The number of hydrogen-bond donors (Lipinski definition) is 1. The molecular formula is C13H10F3NO3. The molecule has 0 spiro atoms. The van der Waals surface area contributed by atoms with Crippen LogP contribution >= 0.6 is 0 Å². The summed E-state index contributed by atoms with van der Waals surface area (Å²) in [7, 11) is 1.21. The molecule has 7 heteroatoms. The first-order valence-corrected chi connectivity index (χ1v) is 5.52. The summed E-state index contributed by atoms with van der Waals surface area (Å²) in [6.45, 7) is 0. The maximum absolute atomic E-state index is 12.3. The number of H-pyrrole nitrogens is 1.